The topological polar surface area (TPSA) is 83.5 Å². The van der Waals surface area contributed by atoms with Gasteiger partial charge in [-0.15, -0.1) is 16.4 Å². The fourth-order valence-electron chi connectivity index (χ4n) is 3.90. The highest BCUT2D eigenvalue weighted by Gasteiger charge is 2.16. The molecule has 2 aromatic carbocycles. The van der Waals surface area contributed by atoms with E-state index in [-0.39, 0.29) is 5.56 Å². The number of nitrogens with zero attached hydrogens (tertiary/aromatic N) is 5. The van der Waals surface area contributed by atoms with Gasteiger partial charge in [-0.1, -0.05) is 35.6 Å². The molecule has 0 saturated heterocycles. The highest BCUT2D eigenvalue weighted by Crippen LogP contribution is 2.33. The predicted octanol–water partition coefficient (Wildman–Crippen LogP) is 4.30. The average Bonchev–Trinajstić information content (AvgIpc) is 3.71. The van der Waals surface area contributed by atoms with Crippen molar-refractivity contribution in [3.8, 4) is 39.1 Å². The third-order valence-electron chi connectivity index (χ3n) is 5.63. The molecular formula is C26H19N5O3S2. The van der Waals surface area contributed by atoms with Gasteiger partial charge in [0, 0.05) is 17.3 Å². The molecule has 0 aliphatic rings. The van der Waals surface area contributed by atoms with Crippen molar-refractivity contribution < 1.29 is 9.47 Å². The van der Waals surface area contributed by atoms with Crippen LogP contribution in [-0.2, 0) is 0 Å². The fourth-order valence-corrected chi connectivity index (χ4v) is 5.45. The molecule has 6 rings (SSSR count). The zero-order valence-electron chi connectivity index (χ0n) is 19.3. The van der Waals surface area contributed by atoms with Gasteiger partial charge in [0.15, 0.2) is 17.3 Å². The molecule has 8 nitrogen and oxygen atoms in total. The Labute approximate surface area is 213 Å². The minimum absolute atomic E-state index is 0.212. The number of fused-ring (bicyclic) bond motifs is 1. The van der Waals surface area contributed by atoms with Crippen LogP contribution in [0.2, 0.25) is 0 Å². The fraction of sp³-hybridized carbons (Fsp3) is 0.0769. The Morgan fingerprint density at radius 3 is 2.50 bits per heavy atom. The van der Waals surface area contributed by atoms with E-state index in [1.54, 1.807) is 18.9 Å². The summed E-state index contributed by atoms with van der Waals surface area (Å²) in [6.07, 6.45) is 3.75. The average molecular weight is 514 g/mol. The van der Waals surface area contributed by atoms with E-state index in [4.69, 9.17) is 14.6 Å². The molecule has 4 heterocycles. The third kappa shape index (κ3) is 3.86. The van der Waals surface area contributed by atoms with E-state index < -0.39 is 0 Å². The minimum Gasteiger partial charge on any atom is -0.493 e. The third-order valence-corrected chi connectivity index (χ3v) is 7.46. The molecule has 0 unspecified atom stereocenters. The number of para-hydroxylation sites is 1. The van der Waals surface area contributed by atoms with Gasteiger partial charge in [-0.05, 0) is 47.9 Å². The van der Waals surface area contributed by atoms with Crippen LogP contribution in [0.5, 0.6) is 11.5 Å². The Hall–Kier alpha value is -4.28. The Bertz CT molecular complexity index is 1790. The van der Waals surface area contributed by atoms with Crippen molar-refractivity contribution in [2.75, 3.05) is 14.2 Å². The number of benzene rings is 2. The van der Waals surface area contributed by atoms with Gasteiger partial charge in [0.05, 0.1) is 29.3 Å². The molecule has 0 aliphatic carbocycles. The molecule has 0 spiro atoms. The first-order chi connectivity index (χ1) is 17.6. The smallest absolute Gasteiger partial charge is 0.291 e. The van der Waals surface area contributed by atoms with Crippen molar-refractivity contribution in [1.82, 2.24) is 24.4 Å². The molecule has 178 valence electrons. The van der Waals surface area contributed by atoms with Gasteiger partial charge in [0.1, 0.15) is 5.69 Å². The lowest BCUT2D eigenvalue weighted by molar-refractivity contribution is 0.355. The first kappa shape index (κ1) is 22.2. The number of methoxy groups -OCH3 is 2. The predicted molar refractivity (Wildman–Crippen MR) is 141 cm³/mol. The van der Waals surface area contributed by atoms with E-state index in [0.717, 1.165) is 21.7 Å². The number of hydrogen-bond acceptors (Lipinski definition) is 8. The van der Waals surface area contributed by atoms with Gasteiger partial charge >= 0.3 is 0 Å². The van der Waals surface area contributed by atoms with Crippen LogP contribution in [0, 0.1) is 0 Å². The quantitative estimate of drug-likeness (QED) is 0.330. The molecule has 0 saturated carbocycles. The second-order valence-electron chi connectivity index (χ2n) is 7.81. The lowest BCUT2D eigenvalue weighted by atomic mass is 10.1. The second-order valence-corrected chi connectivity index (χ2v) is 9.76. The highest BCUT2D eigenvalue weighted by atomic mass is 32.1. The summed E-state index contributed by atoms with van der Waals surface area (Å²) in [4.78, 5) is 19.2. The summed E-state index contributed by atoms with van der Waals surface area (Å²) in [6, 6.07) is 19.3. The standard InChI is InChI=1S/C26H19N5O3S2/c1-33-19-11-10-16(13-20(19)34-2)23-17(15-30(28-23)18-7-4-3-5-8-18)14-22-25(32)31-26(36-22)27-24(29-31)21-9-6-12-35-21/h3-15H,1-2H3/b22-14-. The van der Waals surface area contributed by atoms with E-state index in [1.165, 1.54) is 27.2 Å². The lowest BCUT2D eigenvalue weighted by Gasteiger charge is -2.09. The van der Waals surface area contributed by atoms with E-state index in [1.807, 2.05) is 78.3 Å². The zero-order valence-corrected chi connectivity index (χ0v) is 20.9. The number of aromatic nitrogens is 5. The largest absolute Gasteiger partial charge is 0.493 e. The van der Waals surface area contributed by atoms with Crippen LogP contribution < -0.4 is 19.6 Å². The number of hydrogen-bond donors (Lipinski definition) is 0. The molecule has 6 aromatic rings. The van der Waals surface area contributed by atoms with Crippen molar-refractivity contribution in [3.63, 3.8) is 0 Å². The molecule has 0 atom stereocenters. The van der Waals surface area contributed by atoms with Crippen LogP contribution >= 0.6 is 22.7 Å². The monoisotopic (exact) mass is 513 g/mol. The molecule has 0 fully saturated rings. The van der Waals surface area contributed by atoms with Crippen molar-refractivity contribution in [2.24, 2.45) is 0 Å². The summed E-state index contributed by atoms with van der Waals surface area (Å²) in [5, 5.41) is 11.2. The zero-order chi connectivity index (χ0) is 24.6. The van der Waals surface area contributed by atoms with Gasteiger partial charge in [-0.2, -0.15) is 14.6 Å². The lowest BCUT2D eigenvalue weighted by Crippen LogP contribution is -2.23. The van der Waals surface area contributed by atoms with Gasteiger partial charge in [0.2, 0.25) is 4.96 Å². The molecule has 0 radical (unpaired) electrons. The second kappa shape index (κ2) is 9.06. The van der Waals surface area contributed by atoms with E-state index in [9.17, 15) is 4.79 Å². The molecule has 36 heavy (non-hydrogen) atoms. The molecule has 0 bridgehead atoms. The Balaban J connectivity index is 1.51. The molecule has 10 heteroatoms. The number of ether oxygens (including phenoxy) is 2. The van der Waals surface area contributed by atoms with Crippen molar-refractivity contribution in [1.29, 1.82) is 0 Å². The van der Waals surface area contributed by atoms with Crippen molar-refractivity contribution >= 4 is 33.7 Å². The molecule has 4 aromatic heterocycles. The van der Waals surface area contributed by atoms with Gasteiger partial charge in [-0.3, -0.25) is 4.79 Å². The van der Waals surface area contributed by atoms with E-state index in [2.05, 4.69) is 10.1 Å². The summed E-state index contributed by atoms with van der Waals surface area (Å²) in [6.45, 7) is 0. The summed E-state index contributed by atoms with van der Waals surface area (Å²) >= 11 is 2.84. The molecular weight excluding hydrogens is 494 g/mol. The molecule has 0 aliphatic heterocycles. The summed E-state index contributed by atoms with van der Waals surface area (Å²) in [7, 11) is 3.20. The van der Waals surface area contributed by atoms with Crippen LogP contribution in [0.15, 0.2) is 77.0 Å². The summed E-state index contributed by atoms with van der Waals surface area (Å²) < 4.78 is 14.6. The van der Waals surface area contributed by atoms with E-state index >= 15 is 0 Å². The number of thiophene rings is 1. The van der Waals surface area contributed by atoms with Crippen LogP contribution in [0.25, 0.3) is 38.7 Å². The Morgan fingerprint density at radius 1 is 0.944 bits per heavy atom. The van der Waals surface area contributed by atoms with Gasteiger partial charge < -0.3 is 9.47 Å². The highest BCUT2D eigenvalue weighted by molar-refractivity contribution is 7.15. The SMILES string of the molecule is COc1ccc(-c2nn(-c3ccccc3)cc2/C=c2\sc3nc(-c4cccs4)nn3c2=O)cc1OC. The van der Waals surface area contributed by atoms with Crippen molar-refractivity contribution in [2.45, 2.75) is 0 Å². The van der Waals surface area contributed by atoms with Gasteiger partial charge in [0.25, 0.3) is 5.56 Å². The number of rotatable bonds is 6. The van der Waals surface area contributed by atoms with Crippen LogP contribution in [0.3, 0.4) is 0 Å². The van der Waals surface area contributed by atoms with Crippen LogP contribution in [0.1, 0.15) is 5.56 Å². The first-order valence-corrected chi connectivity index (χ1v) is 12.7. The maximum atomic E-state index is 13.2. The first-order valence-electron chi connectivity index (χ1n) is 11.0. The maximum absolute atomic E-state index is 13.2. The Morgan fingerprint density at radius 2 is 1.78 bits per heavy atom. The van der Waals surface area contributed by atoms with E-state index in [0.29, 0.717) is 32.5 Å². The van der Waals surface area contributed by atoms with Crippen molar-refractivity contribution in [3.05, 3.63) is 92.7 Å². The molecule has 0 amide bonds. The molecule has 0 N–H and O–H groups in total. The summed E-state index contributed by atoms with van der Waals surface area (Å²) in [5.74, 6) is 1.78. The van der Waals surface area contributed by atoms with Crippen LogP contribution in [0.4, 0.5) is 0 Å². The number of thiazole rings is 1. The minimum atomic E-state index is -0.212. The Kier molecular flexibility index (Phi) is 5.59. The van der Waals surface area contributed by atoms with Crippen LogP contribution in [-0.4, -0.2) is 38.6 Å². The van der Waals surface area contributed by atoms with Gasteiger partial charge in [-0.25, -0.2) is 4.68 Å². The normalized spacial score (nSPS) is 11.9. The maximum Gasteiger partial charge on any atom is 0.291 e. The summed E-state index contributed by atoms with van der Waals surface area (Å²) in [5.41, 5.74) is 3.02.